The molecule has 0 radical (unpaired) electrons. The predicted octanol–water partition coefficient (Wildman–Crippen LogP) is 4.18. The van der Waals surface area contributed by atoms with Gasteiger partial charge in [-0.15, -0.1) is 0 Å². The van der Waals surface area contributed by atoms with Crippen molar-refractivity contribution in [2.45, 2.75) is 49.8 Å². The van der Waals surface area contributed by atoms with Gasteiger partial charge in [0.2, 0.25) is 15.9 Å². The highest BCUT2D eigenvalue weighted by Crippen LogP contribution is 2.29. The third kappa shape index (κ3) is 7.27. The highest BCUT2D eigenvalue weighted by molar-refractivity contribution is 7.92. The molecule has 3 aromatic rings. The number of amides is 1. The van der Waals surface area contributed by atoms with Crippen LogP contribution in [0.2, 0.25) is 0 Å². The minimum atomic E-state index is -4.01. The Bertz CT molecular complexity index is 1570. The smallest absolute Gasteiger partial charge is 0.264 e. The first-order valence-corrected chi connectivity index (χ1v) is 16.5. The van der Waals surface area contributed by atoms with Gasteiger partial charge in [0.25, 0.3) is 10.0 Å². The number of rotatable bonds is 11. The van der Waals surface area contributed by atoms with Crippen molar-refractivity contribution >= 4 is 31.6 Å². The van der Waals surface area contributed by atoms with Gasteiger partial charge in [0.15, 0.2) is 0 Å². The molecule has 220 valence electrons. The Morgan fingerprint density at radius 3 is 2.15 bits per heavy atom. The van der Waals surface area contributed by atoms with E-state index in [1.54, 1.807) is 36.4 Å². The fourth-order valence-electron chi connectivity index (χ4n) is 4.65. The van der Waals surface area contributed by atoms with Crippen LogP contribution in [0.5, 0.6) is 5.75 Å². The van der Waals surface area contributed by atoms with Crippen LogP contribution in [0.4, 0.5) is 5.69 Å². The van der Waals surface area contributed by atoms with Gasteiger partial charge >= 0.3 is 0 Å². The Balaban J connectivity index is 1.38. The van der Waals surface area contributed by atoms with Crippen molar-refractivity contribution < 1.29 is 26.4 Å². The molecule has 0 bridgehead atoms. The molecule has 0 atom stereocenters. The molecule has 0 aliphatic carbocycles. The zero-order valence-electron chi connectivity index (χ0n) is 23.7. The number of ether oxygens (including phenoxy) is 1. The zero-order chi connectivity index (χ0) is 29.6. The molecule has 1 amide bonds. The monoisotopic (exact) mass is 599 g/mol. The molecule has 0 saturated carbocycles. The van der Waals surface area contributed by atoms with Gasteiger partial charge < -0.3 is 10.1 Å². The molecular weight excluding hydrogens is 562 g/mol. The van der Waals surface area contributed by atoms with E-state index < -0.39 is 32.5 Å². The summed E-state index contributed by atoms with van der Waals surface area (Å²) in [5.41, 5.74) is 3.05. The molecule has 11 heteroatoms. The van der Waals surface area contributed by atoms with Crippen molar-refractivity contribution in [2.75, 3.05) is 37.1 Å². The van der Waals surface area contributed by atoms with Crippen LogP contribution in [0.25, 0.3) is 0 Å². The van der Waals surface area contributed by atoms with Gasteiger partial charge in [0, 0.05) is 13.1 Å². The fraction of sp³-hybridized carbons (Fsp3) is 0.367. The van der Waals surface area contributed by atoms with E-state index in [0.717, 1.165) is 40.3 Å². The highest BCUT2D eigenvalue weighted by atomic mass is 32.2. The second-order valence-corrected chi connectivity index (χ2v) is 14.0. The summed E-state index contributed by atoms with van der Waals surface area (Å²) in [5.74, 6) is -0.0102. The lowest BCUT2D eigenvalue weighted by Gasteiger charge is -2.26. The number of hydrogen-bond donors (Lipinski definition) is 1. The molecule has 1 heterocycles. The molecule has 41 heavy (non-hydrogen) atoms. The minimum Gasteiger partial charge on any atom is -0.492 e. The van der Waals surface area contributed by atoms with Crippen molar-refractivity contribution in [1.82, 2.24) is 9.62 Å². The second kappa shape index (κ2) is 13.1. The lowest BCUT2D eigenvalue weighted by atomic mass is 10.1. The largest absolute Gasteiger partial charge is 0.492 e. The summed E-state index contributed by atoms with van der Waals surface area (Å²) in [6.45, 7) is 6.53. The fourth-order valence-corrected chi connectivity index (χ4v) is 7.65. The van der Waals surface area contributed by atoms with Gasteiger partial charge in [-0.25, -0.2) is 16.8 Å². The Kier molecular flexibility index (Phi) is 9.72. The van der Waals surface area contributed by atoms with Crippen LogP contribution in [-0.4, -0.2) is 59.8 Å². The summed E-state index contributed by atoms with van der Waals surface area (Å²) in [6, 6.07) is 18.1. The number of hydrogen-bond acceptors (Lipinski definition) is 6. The molecule has 3 aromatic carbocycles. The number of aryl methyl sites for hydroxylation is 2. The number of sulfonamides is 2. The first-order chi connectivity index (χ1) is 19.5. The number of nitrogens with one attached hydrogen (secondary N) is 1. The molecule has 0 aromatic heterocycles. The molecule has 1 saturated heterocycles. The van der Waals surface area contributed by atoms with Crippen LogP contribution in [0.3, 0.4) is 0 Å². The molecule has 1 aliphatic rings. The summed E-state index contributed by atoms with van der Waals surface area (Å²) in [5, 5.41) is 2.73. The van der Waals surface area contributed by atoms with Gasteiger partial charge in [-0.3, -0.25) is 9.10 Å². The topological polar surface area (TPSA) is 113 Å². The molecule has 1 N–H and O–H groups in total. The van der Waals surface area contributed by atoms with Gasteiger partial charge in [-0.2, -0.15) is 4.31 Å². The van der Waals surface area contributed by atoms with Gasteiger partial charge in [0.05, 0.1) is 22.0 Å². The molecule has 1 fully saturated rings. The van der Waals surface area contributed by atoms with Gasteiger partial charge in [-0.1, -0.05) is 36.2 Å². The number of benzene rings is 3. The normalized spacial score (nSPS) is 14.4. The van der Waals surface area contributed by atoms with Gasteiger partial charge in [-0.05, 0) is 87.2 Å². The van der Waals surface area contributed by atoms with Crippen LogP contribution >= 0.6 is 0 Å². The first-order valence-electron chi connectivity index (χ1n) is 13.7. The maximum Gasteiger partial charge on any atom is 0.264 e. The Hall–Kier alpha value is -3.41. The standard InChI is InChI=1S/C30H37N3O6S2/c1-23-10-14-28(15-11-23)41(37,38)33(29-9-7-8-24(2)25(29)3)22-30(34)31-18-21-39-26-12-16-27(17-13-26)40(35,36)32-19-5-4-6-20-32/h7-17H,4-6,18-22H2,1-3H3,(H,31,34). The molecule has 4 rings (SSSR count). The lowest BCUT2D eigenvalue weighted by Crippen LogP contribution is -2.42. The van der Waals surface area contributed by atoms with E-state index in [0.29, 0.717) is 24.5 Å². The van der Waals surface area contributed by atoms with Crippen LogP contribution in [-0.2, 0) is 24.8 Å². The summed E-state index contributed by atoms with van der Waals surface area (Å²) in [7, 11) is -7.54. The quantitative estimate of drug-likeness (QED) is 0.331. The lowest BCUT2D eigenvalue weighted by molar-refractivity contribution is -0.119. The molecule has 1 aliphatic heterocycles. The van der Waals surface area contributed by atoms with E-state index in [2.05, 4.69) is 5.32 Å². The number of carbonyl (C=O) groups is 1. The SMILES string of the molecule is Cc1ccc(S(=O)(=O)N(CC(=O)NCCOc2ccc(S(=O)(=O)N3CCCCC3)cc2)c2cccc(C)c2C)cc1. The van der Waals surface area contributed by atoms with Crippen molar-refractivity contribution in [3.8, 4) is 5.75 Å². The number of anilines is 1. The van der Waals surface area contributed by atoms with Crippen molar-refractivity contribution in [3.05, 3.63) is 83.4 Å². The number of piperidine rings is 1. The summed E-state index contributed by atoms with van der Waals surface area (Å²) in [6.07, 6.45) is 2.78. The van der Waals surface area contributed by atoms with E-state index in [1.807, 2.05) is 26.8 Å². The molecule has 0 unspecified atom stereocenters. The second-order valence-electron chi connectivity index (χ2n) is 10.2. The average Bonchev–Trinajstić information content (AvgIpc) is 2.96. The Labute approximate surface area is 243 Å². The van der Waals surface area contributed by atoms with Crippen LogP contribution in [0.15, 0.2) is 76.5 Å². The van der Waals surface area contributed by atoms with Crippen LogP contribution in [0, 0.1) is 20.8 Å². The maximum atomic E-state index is 13.6. The van der Waals surface area contributed by atoms with Crippen molar-refractivity contribution in [3.63, 3.8) is 0 Å². The number of nitrogens with zero attached hydrogens (tertiary/aromatic N) is 2. The third-order valence-electron chi connectivity index (χ3n) is 7.21. The van der Waals surface area contributed by atoms with Crippen LogP contribution in [0.1, 0.15) is 36.0 Å². The van der Waals surface area contributed by atoms with E-state index in [1.165, 1.54) is 28.6 Å². The van der Waals surface area contributed by atoms with E-state index in [-0.39, 0.29) is 22.9 Å². The molecule has 0 spiro atoms. The van der Waals surface area contributed by atoms with Crippen molar-refractivity contribution in [1.29, 1.82) is 0 Å². The maximum absolute atomic E-state index is 13.6. The molecular formula is C30H37N3O6S2. The summed E-state index contributed by atoms with van der Waals surface area (Å²) < 4.78 is 61.3. The third-order valence-corrected chi connectivity index (χ3v) is 10.9. The zero-order valence-corrected chi connectivity index (χ0v) is 25.3. The highest BCUT2D eigenvalue weighted by Gasteiger charge is 2.29. The average molecular weight is 600 g/mol. The van der Waals surface area contributed by atoms with E-state index in [9.17, 15) is 21.6 Å². The first kappa shape index (κ1) is 30.5. The minimum absolute atomic E-state index is 0.103. The Morgan fingerprint density at radius 1 is 0.854 bits per heavy atom. The van der Waals surface area contributed by atoms with Gasteiger partial charge in [0.1, 0.15) is 18.9 Å². The van der Waals surface area contributed by atoms with Crippen molar-refractivity contribution in [2.24, 2.45) is 0 Å². The predicted molar refractivity (Wildman–Crippen MR) is 159 cm³/mol. The summed E-state index contributed by atoms with van der Waals surface area (Å²) in [4.78, 5) is 13.3. The van der Waals surface area contributed by atoms with E-state index >= 15 is 0 Å². The van der Waals surface area contributed by atoms with Crippen LogP contribution < -0.4 is 14.4 Å². The number of carbonyl (C=O) groups excluding carboxylic acids is 1. The van der Waals surface area contributed by atoms with E-state index in [4.69, 9.17) is 4.74 Å². The summed E-state index contributed by atoms with van der Waals surface area (Å²) >= 11 is 0. The molecule has 9 nitrogen and oxygen atoms in total. The Morgan fingerprint density at radius 2 is 1.49 bits per heavy atom.